The molecule has 0 atom stereocenters. The quantitative estimate of drug-likeness (QED) is 0.237. The molecule has 0 heterocycles. The summed E-state index contributed by atoms with van der Waals surface area (Å²) in [6.07, 6.45) is 0. The molecule has 0 aliphatic rings. The molecule has 0 aromatic rings. The van der Waals surface area contributed by atoms with Crippen molar-refractivity contribution >= 4 is 11.9 Å². The number of hydrogen-bond acceptors (Lipinski definition) is 3. The van der Waals surface area contributed by atoms with Crippen LogP contribution in [0.3, 0.4) is 0 Å². The van der Waals surface area contributed by atoms with Crippen LogP contribution in [0.1, 0.15) is 27.7 Å². The van der Waals surface area contributed by atoms with Gasteiger partial charge >= 0.3 is 0 Å². The minimum absolute atomic E-state index is 0.121. The first-order valence-corrected chi connectivity index (χ1v) is 5.93. The molecule has 0 spiro atoms. The number of hydrogen-bond donors (Lipinski definition) is 4. The van der Waals surface area contributed by atoms with Crippen molar-refractivity contribution in [2.24, 2.45) is 43.6 Å². The Bertz CT molecular complexity index is 305. The third-order valence-electron chi connectivity index (χ3n) is 1.63. The van der Waals surface area contributed by atoms with Gasteiger partial charge in [-0.25, -0.2) is 4.99 Å². The van der Waals surface area contributed by atoms with Crippen molar-refractivity contribution in [2.45, 2.75) is 27.7 Å². The van der Waals surface area contributed by atoms with Gasteiger partial charge in [0, 0.05) is 13.1 Å². The Morgan fingerprint density at radius 1 is 1.00 bits per heavy atom. The predicted molar refractivity (Wildman–Crippen MR) is 73.8 cm³/mol. The molecular formula is C10H24N8. The van der Waals surface area contributed by atoms with Crippen molar-refractivity contribution in [2.75, 3.05) is 13.1 Å². The van der Waals surface area contributed by atoms with Crippen LogP contribution < -0.4 is 22.4 Å². The minimum Gasteiger partial charge on any atom is -0.369 e. The van der Waals surface area contributed by atoms with Crippen molar-refractivity contribution in [1.29, 1.82) is 0 Å². The maximum atomic E-state index is 5.55. The first kappa shape index (κ1) is 16.1. The topological polar surface area (TPSA) is 126 Å². The molecule has 0 saturated carbocycles. The van der Waals surface area contributed by atoms with Crippen molar-refractivity contribution in [3.63, 3.8) is 0 Å². The second kappa shape index (κ2) is 9.20. The van der Waals surface area contributed by atoms with E-state index in [1.807, 2.05) is 13.8 Å². The van der Waals surface area contributed by atoms with Crippen LogP contribution in [0.15, 0.2) is 20.3 Å². The van der Waals surface area contributed by atoms with Gasteiger partial charge in [0.25, 0.3) is 0 Å². The number of nitrogens with zero attached hydrogens (tertiary/aromatic N) is 4. The summed E-state index contributed by atoms with van der Waals surface area (Å²) in [7, 11) is 0. The van der Waals surface area contributed by atoms with Gasteiger partial charge in [0.1, 0.15) is 0 Å². The molecule has 8 heteroatoms. The van der Waals surface area contributed by atoms with E-state index in [9.17, 15) is 0 Å². The van der Waals surface area contributed by atoms with E-state index in [2.05, 4.69) is 45.1 Å². The largest absolute Gasteiger partial charge is 0.369 e. The lowest BCUT2D eigenvalue weighted by Crippen LogP contribution is -2.39. The molecule has 0 aliphatic carbocycles. The van der Waals surface area contributed by atoms with Gasteiger partial charge in [-0.1, -0.05) is 38.0 Å². The van der Waals surface area contributed by atoms with E-state index in [4.69, 9.17) is 11.5 Å². The molecule has 0 aromatic carbocycles. The second-order valence-electron chi connectivity index (χ2n) is 4.65. The standard InChI is InChI=1S/C10H24N8/c1-7(2)5-13-9(11)15-17-18-16-10(12)14-6-8(3)4/h7-8H,5-6H2,1-4H3,(H3,11,13,15,18)(H3,12,14,16,17). The van der Waals surface area contributed by atoms with Gasteiger partial charge in [-0.3, -0.25) is 10.4 Å². The Morgan fingerprint density at radius 2 is 1.56 bits per heavy atom. The first-order valence-electron chi connectivity index (χ1n) is 5.93. The monoisotopic (exact) mass is 256 g/mol. The lowest BCUT2D eigenvalue weighted by Gasteiger charge is -2.04. The maximum Gasteiger partial charge on any atom is 0.237 e. The van der Waals surface area contributed by atoms with Gasteiger partial charge < -0.3 is 11.5 Å². The Balaban J connectivity index is 3.89. The third kappa shape index (κ3) is 10.7. The number of guanidine groups is 2. The molecule has 0 aliphatic heterocycles. The van der Waals surface area contributed by atoms with Crippen LogP contribution in [0.5, 0.6) is 0 Å². The molecule has 0 rings (SSSR count). The number of aliphatic imine (C=N–C) groups is 2. The van der Waals surface area contributed by atoms with E-state index in [0.717, 1.165) is 0 Å². The number of rotatable bonds is 6. The zero-order valence-corrected chi connectivity index (χ0v) is 11.5. The van der Waals surface area contributed by atoms with Crippen molar-refractivity contribution in [1.82, 2.24) is 11.0 Å². The van der Waals surface area contributed by atoms with Gasteiger partial charge in [0.15, 0.2) is 0 Å². The van der Waals surface area contributed by atoms with Gasteiger partial charge in [-0.05, 0) is 11.8 Å². The minimum atomic E-state index is 0.121. The normalized spacial score (nSPS) is 13.7. The average molecular weight is 256 g/mol. The van der Waals surface area contributed by atoms with Crippen molar-refractivity contribution < 1.29 is 0 Å². The molecule has 8 nitrogen and oxygen atoms in total. The highest BCUT2D eigenvalue weighted by Crippen LogP contribution is 1.91. The Hall–Kier alpha value is -1.86. The molecule has 0 amide bonds. The van der Waals surface area contributed by atoms with Gasteiger partial charge in [-0.2, -0.15) is 5.53 Å². The van der Waals surface area contributed by atoms with E-state index in [1.165, 1.54) is 0 Å². The zero-order valence-electron chi connectivity index (χ0n) is 11.5. The number of hydrazine groups is 1. The van der Waals surface area contributed by atoms with E-state index < -0.39 is 0 Å². The summed E-state index contributed by atoms with van der Waals surface area (Å²) in [6.45, 7) is 9.46. The fourth-order valence-corrected chi connectivity index (χ4v) is 0.787. The van der Waals surface area contributed by atoms with E-state index in [1.54, 1.807) is 0 Å². The predicted octanol–water partition coefficient (Wildman–Crippen LogP) is 0.389. The van der Waals surface area contributed by atoms with Gasteiger partial charge in [0.05, 0.1) is 0 Å². The molecule has 0 unspecified atom stereocenters. The summed E-state index contributed by atoms with van der Waals surface area (Å²) < 4.78 is 0. The summed E-state index contributed by atoms with van der Waals surface area (Å²) in [5.41, 5.74) is 16.0. The molecule has 0 fully saturated rings. The first-order chi connectivity index (χ1) is 8.41. The van der Waals surface area contributed by atoms with Crippen LogP contribution in [-0.2, 0) is 0 Å². The highest BCUT2D eigenvalue weighted by Gasteiger charge is 1.93. The Morgan fingerprint density at radius 3 is 2.11 bits per heavy atom. The van der Waals surface area contributed by atoms with E-state index in [-0.39, 0.29) is 11.9 Å². The molecule has 0 saturated heterocycles. The Kier molecular flexibility index (Phi) is 8.25. The summed E-state index contributed by atoms with van der Waals surface area (Å²) in [6, 6.07) is 0. The fraction of sp³-hybridized carbons (Fsp3) is 0.800. The zero-order chi connectivity index (χ0) is 14.0. The maximum absolute atomic E-state index is 5.55. The van der Waals surface area contributed by atoms with Crippen molar-refractivity contribution in [3.05, 3.63) is 0 Å². The van der Waals surface area contributed by atoms with Crippen LogP contribution in [0, 0.1) is 11.8 Å². The molecule has 18 heavy (non-hydrogen) atoms. The summed E-state index contributed by atoms with van der Waals surface area (Å²) in [4.78, 5) is 8.06. The van der Waals surface area contributed by atoms with Gasteiger partial charge in [0.2, 0.25) is 11.9 Å². The summed E-state index contributed by atoms with van der Waals surface area (Å²) in [5, 5.41) is 7.20. The fourth-order valence-electron chi connectivity index (χ4n) is 0.787. The molecule has 104 valence electrons. The summed E-state index contributed by atoms with van der Waals surface area (Å²) in [5.74, 6) is 1.26. The highest BCUT2D eigenvalue weighted by atomic mass is 15.6. The number of nitrogens with two attached hydrogens (primary N) is 2. The van der Waals surface area contributed by atoms with Crippen LogP contribution in [0.25, 0.3) is 0 Å². The molecule has 0 radical (unpaired) electrons. The lowest BCUT2D eigenvalue weighted by molar-refractivity contribution is 0.632. The second-order valence-corrected chi connectivity index (χ2v) is 4.65. The molecule has 0 aromatic heterocycles. The SMILES string of the molecule is CC(C)CN=C(N)N=NNNC(N)=NCC(C)C. The summed E-state index contributed by atoms with van der Waals surface area (Å²) >= 11 is 0. The van der Waals surface area contributed by atoms with E-state index in [0.29, 0.717) is 24.9 Å². The molecule has 0 bridgehead atoms. The van der Waals surface area contributed by atoms with Crippen LogP contribution in [0.4, 0.5) is 0 Å². The van der Waals surface area contributed by atoms with Crippen LogP contribution >= 0.6 is 0 Å². The van der Waals surface area contributed by atoms with Crippen LogP contribution in [0.2, 0.25) is 0 Å². The average Bonchev–Trinajstić information content (AvgIpc) is 2.29. The van der Waals surface area contributed by atoms with Crippen molar-refractivity contribution in [3.8, 4) is 0 Å². The molecular weight excluding hydrogens is 232 g/mol. The number of nitrogens with one attached hydrogen (secondary N) is 2. The van der Waals surface area contributed by atoms with Gasteiger partial charge in [-0.15, -0.1) is 0 Å². The smallest absolute Gasteiger partial charge is 0.237 e. The highest BCUT2D eigenvalue weighted by molar-refractivity contribution is 5.78. The Labute approximate surface area is 108 Å². The lowest BCUT2D eigenvalue weighted by atomic mass is 10.2. The van der Waals surface area contributed by atoms with Crippen LogP contribution in [-0.4, -0.2) is 25.0 Å². The third-order valence-corrected chi connectivity index (χ3v) is 1.63. The molecule has 6 N–H and O–H groups in total. The van der Waals surface area contributed by atoms with E-state index >= 15 is 0 Å².